The predicted molar refractivity (Wildman–Crippen MR) is 95.7 cm³/mol. The van der Waals surface area contributed by atoms with Gasteiger partial charge in [0, 0.05) is 16.6 Å². The summed E-state index contributed by atoms with van der Waals surface area (Å²) in [4.78, 5) is 21.0. The Bertz CT molecular complexity index is 852. The number of thiazole rings is 1. The first-order valence-electron chi connectivity index (χ1n) is 7.15. The minimum absolute atomic E-state index is 0.166. The lowest BCUT2D eigenvalue weighted by molar-refractivity contribution is -0.115. The first-order chi connectivity index (χ1) is 11.7. The summed E-state index contributed by atoms with van der Waals surface area (Å²) in [5.74, 6) is 0.369. The molecule has 0 saturated carbocycles. The molecule has 3 aromatic rings. The van der Waals surface area contributed by atoms with Gasteiger partial charge in [-0.05, 0) is 30.3 Å². The molecule has 2 heterocycles. The fourth-order valence-corrected chi connectivity index (χ4v) is 3.10. The summed E-state index contributed by atoms with van der Waals surface area (Å²) in [7, 11) is 1.54. The standard InChI is InChI=1S/C17H14ClN3O2S/c1-23-15-6-5-11(18)8-14(15)21-16(22)9-12-10-24-17(20-12)13-4-2-3-7-19-13/h2-8,10H,9H2,1H3,(H,21,22). The van der Waals surface area contributed by atoms with Crippen LogP contribution in [0.2, 0.25) is 5.02 Å². The third-order valence-electron chi connectivity index (χ3n) is 3.21. The van der Waals surface area contributed by atoms with Gasteiger partial charge in [0.2, 0.25) is 5.91 Å². The van der Waals surface area contributed by atoms with Crippen LogP contribution in [0.1, 0.15) is 5.69 Å². The summed E-state index contributed by atoms with van der Waals surface area (Å²) in [6.07, 6.45) is 1.88. The van der Waals surface area contributed by atoms with Gasteiger partial charge in [0.25, 0.3) is 0 Å². The Balaban J connectivity index is 1.70. The summed E-state index contributed by atoms with van der Waals surface area (Å²) in [6.45, 7) is 0. The van der Waals surface area contributed by atoms with Crippen LogP contribution in [0, 0.1) is 0 Å². The average Bonchev–Trinajstić information content (AvgIpc) is 3.04. The van der Waals surface area contributed by atoms with Gasteiger partial charge >= 0.3 is 0 Å². The zero-order valence-electron chi connectivity index (χ0n) is 12.8. The van der Waals surface area contributed by atoms with E-state index in [2.05, 4.69) is 15.3 Å². The molecular formula is C17H14ClN3O2S. The van der Waals surface area contributed by atoms with Crippen molar-refractivity contribution in [2.24, 2.45) is 0 Å². The Morgan fingerprint density at radius 2 is 2.21 bits per heavy atom. The average molecular weight is 360 g/mol. The number of nitrogens with zero attached hydrogens (tertiary/aromatic N) is 2. The van der Waals surface area contributed by atoms with Crippen LogP contribution in [0.25, 0.3) is 10.7 Å². The number of rotatable bonds is 5. The van der Waals surface area contributed by atoms with Gasteiger partial charge in [-0.1, -0.05) is 17.7 Å². The molecule has 0 atom stereocenters. The maximum Gasteiger partial charge on any atom is 0.230 e. The van der Waals surface area contributed by atoms with Crippen molar-refractivity contribution in [3.05, 3.63) is 58.7 Å². The number of methoxy groups -OCH3 is 1. The van der Waals surface area contributed by atoms with Crippen molar-refractivity contribution >= 4 is 34.5 Å². The lowest BCUT2D eigenvalue weighted by Crippen LogP contribution is -2.15. The van der Waals surface area contributed by atoms with E-state index in [4.69, 9.17) is 16.3 Å². The van der Waals surface area contributed by atoms with Crippen molar-refractivity contribution in [1.82, 2.24) is 9.97 Å². The second-order valence-electron chi connectivity index (χ2n) is 4.93. The van der Waals surface area contributed by atoms with Crippen molar-refractivity contribution in [3.63, 3.8) is 0 Å². The summed E-state index contributed by atoms with van der Waals surface area (Å²) in [5.41, 5.74) is 2.03. The Kier molecular flexibility index (Phi) is 5.08. The molecule has 0 radical (unpaired) electrons. The number of ether oxygens (including phenoxy) is 1. The van der Waals surface area contributed by atoms with E-state index in [1.165, 1.54) is 11.3 Å². The second kappa shape index (κ2) is 7.42. The summed E-state index contributed by atoms with van der Waals surface area (Å²) >= 11 is 7.43. The molecule has 0 unspecified atom stereocenters. The van der Waals surface area contributed by atoms with Gasteiger partial charge in [-0.25, -0.2) is 4.98 Å². The Morgan fingerprint density at radius 1 is 1.33 bits per heavy atom. The summed E-state index contributed by atoms with van der Waals surface area (Å²) < 4.78 is 5.22. The molecule has 24 heavy (non-hydrogen) atoms. The number of benzene rings is 1. The van der Waals surface area contributed by atoms with Crippen LogP contribution in [0.3, 0.4) is 0 Å². The first kappa shape index (κ1) is 16.4. The third-order valence-corrected chi connectivity index (χ3v) is 4.36. The number of nitrogens with one attached hydrogen (secondary N) is 1. The maximum absolute atomic E-state index is 12.2. The normalized spacial score (nSPS) is 10.4. The van der Waals surface area contributed by atoms with Gasteiger partial charge in [0.15, 0.2) is 0 Å². The van der Waals surface area contributed by atoms with E-state index in [1.807, 2.05) is 23.6 Å². The fourth-order valence-electron chi connectivity index (χ4n) is 2.13. The van der Waals surface area contributed by atoms with E-state index in [9.17, 15) is 4.79 Å². The Morgan fingerprint density at radius 3 is 2.96 bits per heavy atom. The largest absolute Gasteiger partial charge is 0.495 e. The van der Waals surface area contributed by atoms with Crippen LogP contribution < -0.4 is 10.1 Å². The number of amides is 1. The molecule has 0 fully saturated rings. The van der Waals surface area contributed by atoms with Gasteiger partial charge in [-0.15, -0.1) is 11.3 Å². The molecule has 1 aromatic carbocycles. The number of carbonyl (C=O) groups excluding carboxylic acids is 1. The highest BCUT2D eigenvalue weighted by Gasteiger charge is 2.12. The van der Waals surface area contributed by atoms with E-state index in [0.717, 1.165) is 10.7 Å². The van der Waals surface area contributed by atoms with Gasteiger partial charge in [-0.3, -0.25) is 9.78 Å². The highest BCUT2D eigenvalue weighted by atomic mass is 35.5. The molecule has 122 valence electrons. The molecular weight excluding hydrogens is 346 g/mol. The molecule has 7 heteroatoms. The number of anilines is 1. The number of aromatic nitrogens is 2. The molecule has 0 aliphatic rings. The zero-order chi connectivity index (χ0) is 16.9. The van der Waals surface area contributed by atoms with Gasteiger partial charge in [0.05, 0.1) is 30.6 Å². The number of hydrogen-bond donors (Lipinski definition) is 1. The van der Waals surface area contributed by atoms with E-state index < -0.39 is 0 Å². The summed E-state index contributed by atoms with van der Waals surface area (Å²) in [6, 6.07) is 10.7. The van der Waals surface area contributed by atoms with Crippen molar-refractivity contribution in [3.8, 4) is 16.5 Å². The molecule has 1 amide bonds. The second-order valence-corrected chi connectivity index (χ2v) is 6.22. The smallest absolute Gasteiger partial charge is 0.230 e. The minimum Gasteiger partial charge on any atom is -0.495 e. The Hall–Kier alpha value is -2.44. The van der Waals surface area contributed by atoms with Crippen LogP contribution in [0.5, 0.6) is 5.75 Å². The molecule has 0 saturated heterocycles. The first-order valence-corrected chi connectivity index (χ1v) is 8.40. The van der Waals surface area contributed by atoms with E-state index in [1.54, 1.807) is 31.5 Å². The molecule has 5 nitrogen and oxygen atoms in total. The molecule has 1 N–H and O–H groups in total. The Labute approximate surface area is 148 Å². The predicted octanol–water partition coefficient (Wildman–Crippen LogP) is 4.05. The molecule has 2 aromatic heterocycles. The lowest BCUT2D eigenvalue weighted by atomic mass is 10.2. The number of carbonyl (C=O) groups is 1. The monoisotopic (exact) mass is 359 g/mol. The number of pyridine rings is 1. The maximum atomic E-state index is 12.2. The fraction of sp³-hybridized carbons (Fsp3) is 0.118. The molecule has 0 aliphatic heterocycles. The van der Waals surface area contributed by atoms with Crippen LogP contribution in [0.4, 0.5) is 5.69 Å². The third kappa shape index (κ3) is 3.90. The number of hydrogen-bond acceptors (Lipinski definition) is 5. The van der Waals surface area contributed by atoms with E-state index in [0.29, 0.717) is 22.2 Å². The van der Waals surface area contributed by atoms with Gasteiger partial charge in [-0.2, -0.15) is 0 Å². The van der Waals surface area contributed by atoms with Crippen LogP contribution in [-0.2, 0) is 11.2 Å². The van der Waals surface area contributed by atoms with E-state index >= 15 is 0 Å². The zero-order valence-corrected chi connectivity index (χ0v) is 14.4. The molecule has 0 spiro atoms. The highest BCUT2D eigenvalue weighted by Crippen LogP contribution is 2.28. The van der Waals surface area contributed by atoms with Crippen molar-refractivity contribution in [2.45, 2.75) is 6.42 Å². The topological polar surface area (TPSA) is 64.1 Å². The highest BCUT2D eigenvalue weighted by molar-refractivity contribution is 7.13. The van der Waals surface area contributed by atoms with Gasteiger partial charge in [0.1, 0.15) is 10.8 Å². The van der Waals surface area contributed by atoms with Crippen LogP contribution in [0.15, 0.2) is 48.0 Å². The SMILES string of the molecule is COc1ccc(Cl)cc1NC(=O)Cc1csc(-c2ccccn2)n1. The van der Waals surface area contributed by atoms with Crippen LogP contribution >= 0.6 is 22.9 Å². The number of halogens is 1. The lowest BCUT2D eigenvalue weighted by Gasteiger charge is -2.10. The summed E-state index contributed by atoms with van der Waals surface area (Å²) in [5, 5.41) is 5.98. The van der Waals surface area contributed by atoms with E-state index in [-0.39, 0.29) is 12.3 Å². The quantitative estimate of drug-likeness (QED) is 0.746. The molecule has 0 bridgehead atoms. The minimum atomic E-state index is -0.187. The van der Waals surface area contributed by atoms with Crippen molar-refractivity contribution in [2.75, 3.05) is 12.4 Å². The van der Waals surface area contributed by atoms with Crippen LogP contribution in [-0.4, -0.2) is 23.0 Å². The van der Waals surface area contributed by atoms with Gasteiger partial charge < -0.3 is 10.1 Å². The molecule has 0 aliphatic carbocycles. The van der Waals surface area contributed by atoms with Crippen molar-refractivity contribution < 1.29 is 9.53 Å². The molecule has 3 rings (SSSR count). The van der Waals surface area contributed by atoms with Crippen molar-refractivity contribution in [1.29, 1.82) is 0 Å².